The summed E-state index contributed by atoms with van der Waals surface area (Å²) in [5.41, 5.74) is 1.54. The van der Waals surface area contributed by atoms with Crippen molar-refractivity contribution in [3.05, 3.63) is 64.1 Å². The van der Waals surface area contributed by atoms with Gasteiger partial charge in [0.2, 0.25) is 11.8 Å². The number of hydrogen-bond donors (Lipinski definition) is 1. The van der Waals surface area contributed by atoms with E-state index in [1.165, 1.54) is 11.8 Å². The van der Waals surface area contributed by atoms with Crippen molar-refractivity contribution in [2.24, 2.45) is 0 Å². The third-order valence-electron chi connectivity index (χ3n) is 3.50. The summed E-state index contributed by atoms with van der Waals surface area (Å²) in [5, 5.41) is 3.55. The molecule has 2 amide bonds. The van der Waals surface area contributed by atoms with E-state index >= 15 is 0 Å². The molecule has 0 radical (unpaired) electrons. The first-order valence-corrected chi connectivity index (χ1v) is 8.25. The van der Waals surface area contributed by atoms with Crippen molar-refractivity contribution in [3.8, 4) is 0 Å². The maximum atomic E-state index is 12.2. The van der Waals surface area contributed by atoms with Crippen LogP contribution >= 0.6 is 23.2 Å². The molecule has 4 nitrogen and oxygen atoms in total. The molecule has 0 aliphatic carbocycles. The van der Waals surface area contributed by atoms with E-state index in [4.69, 9.17) is 23.2 Å². The first kappa shape index (κ1) is 18.3. The highest BCUT2D eigenvalue weighted by Gasteiger charge is 2.15. The second-order valence-electron chi connectivity index (χ2n) is 5.35. The fourth-order valence-electron chi connectivity index (χ4n) is 2.21. The van der Waals surface area contributed by atoms with Gasteiger partial charge in [0, 0.05) is 18.5 Å². The van der Waals surface area contributed by atoms with Crippen molar-refractivity contribution in [2.45, 2.75) is 13.3 Å². The molecule has 0 unspecified atom stereocenters. The number of halogens is 2. The second-order valence-corrected chi connectivity index (χ2v) is 6.19. The van der Waals surface area contributed by atoms with Crippen LogP contribution in [-0.4, -0.2) is 29.8 Å². The average molecular weight is 365 g/mol. The lowest BCUT2D eigenvalue weighted by Crippen LogP contribution is -2.38. The molecule has 0 atom stereocenters. The molecule has 0 saturated carbocycles. The highest BCUT2D eigenvalue weighted by atomic mass is 35.5. The Morgan fingerprint density at radius 1 is 1.08 bits per heavy atom. The summed E-state index contributed by atoms with van der Waals surface area (Å²) in [6.45, 7) is 1.88. The smallest absolute Gasteiger partial charge is 0.244 e. The quantitative estimate of drug-likeness (QED) is 0.841. The molecule has 0 aliphatic heterocycles. The zero-order chi connectivity index (χ0) is 17.5. The van der Waals surface area contributed by atoms with Gasteiger partial charge in [0.05, 0.1) is 17.3 Å². The Balaban J connectivity index is 1.95. The van der Waals surface area contributed by atoms with Gasteiger partial charge >= 0.3 is 0 Å². The van der Waals surface area contributed by atoms with E-state index < -0.39 is 0 Å². The zero-order valence-corrected chi connectivity index (χ0v) is 14.8. The molecule has 0 fully saturated rings. The number of anilines is 1. The molecule has 1 N–H and O–H groups in total. The molecule has 0 spiro atoms. The molecule has 0 bridgehead atoms. The highest BCUT2D eigenvalue weighted by Crippen LogP contribution is 2.25. The predicted molar refractivity (Wildman–Crippen MR) is 97.5 cm³/mol. The number of hydrogen-bond acceptors (Lipinski definition) is 2. The van der Waals surface area contributed by atoms with Gasteiger partial charge in [-0.15, -0.1) is 0 Å². The van der Waals surface area contributed by atoms with Crippen LogP contribution in [0.2, 0.25) is 10.0 Å². The van der Waals surface area contributed by atoms with Gasteiger partial charge < -0.3 is 10.2 Å². The van der Waals surface area contributed by atoms with E-state index in [-0.39, 0.29) is 18.4 Å². The Bertz CT molecular complexity index is 720. The van der Waals surface area contributed by atoms with E-state index in [1.807, 2.05) is 30.3 Å². The molecule has 2 aromatic carbocycles. The summed E-state index contributed by atoms with van der Waals surface area (Å²) in [6.07, 6.45) is 0.686. The van der Waals surface area contributed by atoms with Crippen LogP contribution in [0.4, 0.5) is 5.69 Å². The van der Waals surface area contributed by atoms with Gasteiger partial charge in [0.1, 0.15) is 0 Å². The fraction of sp³-hybridized carbons (Fsp3) is 0.222. The number of amides is 2. The van der Waals surface area contributed by atoms with Gasteiger partial charge in [0.25, 0.3) is 0 Å². The topological polar surface area (TPSA) is 49.4 Å². The number of carbonyl (C=O) groups excluding carboxylic acids is 2. The second kappa shape index (κ2) is 8.71. The van der Waals surface area contributed by atoms with Gasteiger partial charge in [-0.2, -0.15) is 0 Å². The number of carbonyl (C=O) groups is 2. The Hall–Kier alpha value is -2.04. The van der Waals surface area contributed by atoms with Gasteiger partial charge in [0.15, 0.2) is 0 Å². The van der Waals surface area contributed by atoms with E-state index in [2.05, 4.69) is 5.32 Å². The summed E-state index contributed by atoms with van der Waals surface area (Å²) in [4.78, 5) is 25.5. The summed E-state index contributed by atoms with van der Waals surface area (Å²) in [5.74, 6) is -0.472. The number of rotatable bonds is 6. The van der Waals surface area contributed by atoms with Crippen LogP contribution in [0.15, 0.2) is 48.5 Å². The van der Waals surface area contributed by atoms with Crippen molar-refractivity contribution < 1.29 is 9.59 Å². The minimum absolute atomic E-state index is 0.0367. The summed E-state index contributed by atoms with van der Waals surface area (Å²) >= 11 is 11.9. The number of benzene rings is 2. The van der Waals surface area contributed by atoms with Crippen molar-refractivity contribution in [2.75, 3.05) is 18.4 Å². The molecule has 24 heavy (non-hydrogen) atoms. The van der Waals surface area contributed by atoms with Crippen LogP contribution in [0, 0.1) is 0 Å². The molecule has 0 saturated heterocycles. The Morgan fingerprint density at radius 2 is 1.79 bits per heavy atom. The Kier molecular flexibility index (Phi) is 6.64. The molecule has 2 rings (SSSR count). The number of nitrogens with one attached hydrogen (secondary N) is 1. The maximum Gasteiger partial charge on any atom is 0.244 e. The number of nitrogens with zero attached hydrogens (tertiary/aromatic N) is 1. The van der Waals surface area contributed by atoms with Crippen molar-refractivity contribution in [1.82, 2.24) is 4.90 Å². The van der Waals surface area contributed by atoms with E-state index in [0.717, 1.165) is 5.56 Å². The van der Waals surface area contributed by atoms with Crippen LogP contribution < -0.4 is 5.32 Å². The maximum absolute atomic E-state index is 12.2. The lowest BCUT2D eigenvalue weighted by molar-refractivity contribution is -0.132. The average Bonchev–Trinajstić information content (AvgIpc) is 2.55. The molecule has 6 heteroatoms. The fourth-order valence-corrected chi connectivity index (χ4v) is 2.55. The molecule has 126 valence electrons. The zero-order valence-electron chi connectivity index (χ0n) is 13.3. The molecular weight excluding hydrogens is 347 g/mol. The molecule has 2 aromatic rings. The summed E-state index contributed by atoms with van der Waals surface area (Å²) < 4.78 is 0. The largest absolute Gasteiger partial charge is 0.333 e. The SMILES string of the molecule is CC(=O)N(CCc1ccccc1)CC(=O)Nc1cc(Cl)ccc1Cl. The van der Waals surface area contributed by atoms with Crippen LogP contribution in [-0.2, 0) is 16.0 Å². The molecule has 0 aromatic heterocycles. The van der Waals surface area contributed by atoms with Gasteiger partial charge in [-0.25, -0.2) is 0 Å². The monoisotopic (exact) mass is 364 g/mol. The van der Waals surface area contributed by atoms with Gasteiger partial charge in [-0.3, -0.25) is 9.59 Å². The summed E-state index contributed by atoms with van der Waals surface area (Å²) in [6, 6.07) is 14.6. The molecule has 0 aliphatic rings. The van der Waals surface area contributed by atoms with E-state index in [1.54, 1.807) is 18.2 Å². The minimum Gasteiger partial charge on any atom is -0.333 e. The van der Waals surface area contributed by atoms with E-state index in [9.17, 15) is 9.59 Å². The van der Waals surface area contributed by atoms with Crippen LogP contribution in [0.25, 0.3) is 0 Å². The van der Waals surface area contributed by atoms with E-state index in [0.29, 0.717) is 28.7 Å². The van der Waals surface area contributed by atoms with Crippen LogP contribution in [0.5, 0.6) is 0 Å². The summed E-state index contributed by atoms with van der Waals surface area (Å²) in [7, 11) is 0. The highest BCUT2D eigenvalue weighted by molar-refractivity contribution is 6.35. The predicted octanol–water partition coefficient (Wildman–Crippen LogP) is 4.02. The first-order valence-electron chi connectivity index (χ1n) is 7.50. The minimum atomic E-state index is -0.317. The van der Waals surface area contributed by atoms with Gasteiger partial charge in [-0.05, 0) is 30.2 Å². The third-order valence-corrected chi connectivity index (χ3v) is 4.06. The van der Waals surface area contributed by atoms with Crippen LogP contribution in [0.1, 0.15) is 12.5 Å². The lowest BCUT2D eigenvalue weighted by Gasteiger charge is -2.20. The molecular formula is C18H18Cl2N2O2. The van der Waals surface area contributed by atoms with Gasteiger partial charge in [-0.1, -0.05) is 53.5 Å². The van der Waals surface area contributed by atoms with Crippen LogP contribution in [0.3, 0.4) is 0 Å². The standard InChI is InChI=1S/C18H18Cl2N2O2/c1-13(23)22(10-9-14-5-3-2-4-6-14)12-18(24)21-17-11-15(19)7-8-16(17)20/h2-8,11H,9-10,12H2,1H3,(H,21,24). The normalized spacial score (nSPS) is 10.3. The Labute approximate surface area is 151 Å². The molecule has 0 heterocycles. The van der Waals surface area contributed by atoms with Crippen molar-refractivity contribution >= 4 is 40.7 Å². The third kappa shape index (κ3) is 5.55. The Morgan fingerprint density at radius 3 is 2.46 bits per heavy atom. The van der Waals surface area contributed by atoms with Crippen molar-refractivity contribution in [1.29, 1.82) is 0 Å². The van der Waals surface area contributed by atoms with Crippen molar-refractivity contribution in [3.63, 3.8) is 0 Å². The first-order chi connectivity index (χ1) is 11.5. The lowest BCUT2D eigenvalue weighted by atomic mass is 10.1.